The first-order valence-corrected chi connectivity index (χ1v) is 7.44. The molecule has 0 atom stereocenters. The van der Waals surface area contributed by atoms with Gasteiger partial charge in [0.2, 0.25) is 0 Å². The van der Waals surface area contributed by atoms with Gasteiger partial charge in [-0.05, 0) is 48.4 Å². The summed E-state index contributed by atoms with van der Waals surface area (Å²) in [7, 11) is 0. The Morgan fingerprint density at radius 3 is 2.32 bits per heavy atom. The van der Waals surface area contributed by atoms with E-state index in [0.29, 0.717) is 33.4 Å². The first-order valence-electron chi connectivity index (χ1n) is 6.69. The van der Waals surface area contributed by atoms with Crippen molar-refractivity contribution < 1.29 is 4.79 Å². The maximum absolute atomic E-state index is 12.0. The molecule has 0 fully saturated rings. The average Bonchev–Trinajstić information content (AvgIpc) is 2.51. The summed E-state index contributed by atoms with van der Waals surface area (Å²) in [6.07, 6.45) is 0.639. The molecule has 0 aromatic heterocycles. The van der Waals surface area contributed by atoms with Crippen LogP contribution in [0.4, 0.5) is 5.69 Å². The Hall–Kier alpha value is -2.04. The SMILES string of the molecule is CC/C(=N\NC(=O)c1ccc(N)cc1)c1ccc(Cl)c(Cl)c1. The lowest BCUT2D eigenvalue weighted by Crippen LogP contribution is -2.20. The van der Waals surface area contributed by atoms with Gasteiger partial charge in [0.15, 0.2) is 0 Å². The van der Waals surface area contributed by atoms with Gasteiger partial charge in [0.05, 0.1) is 15.8 Å². The zero-order valence-electron chi connectivity index (χ0n) is 11.9. The molecule has 0 heterocycles. The lowest BCUT2D eigenvalue weighted by molar-refractivity contribution is 0.0955. The molecule has 3 N–H and O–H groups in total. The molecule has 0 unspecified atom stereocenters. The van der Waals surface area contributed by atoms with Crippen molar-refractivity contribution >= 4 is 40.5 Å². The van der Waals surface area contributed by atoms with Gasteiger partial charge < -0.3 is 5.73 Å². The quantitative estimate of drug-likeness (QED) is 0.501. The van der Waals surface area contributed by atoms with Crippen LogP contribution in [0.15, 0.2) is 47.6 Å². The fourth-order valence-corrected chi connectivity index (χ4v) is 2.14. The van der Waals surface area contributed by atoms with Crippen LogP contribution in [0.25, 0.3) is 0 Å². The molecule has 0 radical (unpaired) electrons. The number of carbonyl (C=O) groups is 1. The molecule has 2 aromatic carbocycles. The Balaban J connectivity index is 2.16. The number of amides is 1. The predicted octanol–water partition coefficient (Wildman–Crippen LogP) is 4.12. The molecular formula is C16H15Cl2N3O. The van der Waals surface area contributed by atoms with Crippen LogP contribution in [0.3, 0.4) is 0 Å². The van der Waals surface area contributed by atoms with Crippen LogP contribution in [-0.2, 0) is 0 Å². The zero-order valence-corrected chi connectivity index (χ0v) is 13.4. The van der Waals surface area contributed by atoms with E-state index in [1.54, 1.807) is 36.4 Å². The summed E-state index contributed by atoms with van der Waals surface area (Å²) in [5.74, 6) is -0.300. The van der Waals surface area contributed by atoms with Crippen molar-refractivity contribution in [1.82, 2.24) is 5.43 Å². The molecule has 6 heteroatoms. The standard InChI is InChI=1S/C16H15Cl2N3O/c1-2-15(11-5-8-13(17)14(18)9-11)20-21-16(22)10-3-6-12(19)7-4-10/h3-9H,2,19H2,1H3,(H,21,22)/b20-15+. The number of hydrazone groups is 1. The average molecular weight is 336 g/mol. The number of halogens is 2. The molecule has 22 heavy (non-hydrogen) atoms. The number of nitrogens with one attached hydrogen (secondary N) is 1. The van der Waals surface area contributed by atoms with Gasteiger partial charge in [-0.1, -0.05) is 36.2 Å². The highest BCUT2D eigenvalue weighted by Crippen LogP contribution is 2.23. The van der Waals surface area contributed by atoms with Crippen molar-refractivity contribution in [2.24, 2.45) is 5.10 Å². The highest BCUT2D eigenvalue weighted by Gasteiger charge is 2.07. The number of nitrogens with zero attached hydrogens (tertiary/aromatic N) is 1. The third kappa shape index (κ3) is 4.00. The molecule has 2 rings (SSSR count). The molecule has 2 aromatic rings. The molecule has 0 spiro atoms. The number of anilines is 1. The maximum Gasteiger partial charge on any atom is 0.271 e. The second-order valence-corrected chi connectivity index (χ2v) is 5.42. The van der Waals surface area contributed by atoms with E-state index in [0.717, 1.165) is 5.56 Å². The molecule has 4 nitrogen and oxygen atoms in total. The second-order valence-electron chi connectivity index (χ2n) is 4.60. The molecule has 0 aliphatic heterocycles. The summed E-state index contributed by atoms with van der Waals surface area (Å²) in [6, 6.07) is 11.9. The number of carbonyl (C=O) groups excluding carboxylic acids is 1. The summed E-state index contributed by atoms with van der Waals surface area (Å²) in [6.45, 7) is 1.94. The Kier molecular flexibility index (Phi) is 5.41. The monoisotopic (exact) mass is 335 g/mol. The van der Waals surface area contributed by atoms with Gasteiger partial charge in [0.1, 0.15) is 0 Å². The molecule has 0 saturated heterocycles. The number of nitrogens with two attached hydrogens (primary N) is 1. The van der Waals surface area contributed by atoms with Crippen LogP contribution in [0.1, 0.15) is 29.3 Å². The largest absolute Gasteiger partial charge is 0.399 e. The van der Waals surface area contributed by atoms with Gasteiger partial charge in [-0.15, -0.1) is 0 Å². The van der Waals surface area contributed by atoms with Gasteiger partial charge in [0.25, 0.3) is 5.91 Å². The number of hydrogen-bond donors (Lipinski definition) is 2. The Morgan fingerprint density at radius 2 is 1.73 bits per heavy atom. The van der Waals surface area contributed by atoms with Crippen molar-refractivity contribution in [1.29, 1.82) is 0 Å². The van der Waals surface area contributed by atoms with E-state index in [-0.39, 0.29) is 5.91 Å². The van der Waals surface area contributed by atoms with Gasteiger partial charge in [-0.2, -0.15) is 5.10 Å². The normalized spacial score (nSPS) is 11.3. The summed E-state index contributed by atoms with van der Waals surface area (Å²) >= 11 is 11.9. The highest BCUT2D eigenvalue weighted by molar-refractivity contribution is 6.42. The van der Waals surface area contributed by atoms with Gasteiger partial charge >= 0.3 is 0 Å². The Labute approximate surface area is 138 Å². The van der Waals surface area contributed by atoms with E-state index in [9.17, 15) is 4.79 Å². The maximum atomic E-state index is 12.0. The van der Waals surface area contributed by atoms with Crippen LogP contribution in [0.2, 0.25) is 10.0 Å². The first kappa shape index (κ1) is 16.3. The summed E-state index contributed by atoms with van der Waals surface area (Å²) < 4.78 is 0. The minimum atomic E-state index is -0.300. The topological polar surface area (TPSA) is 67.5 Å². The molecule has 1 amide bonds. The summed E-state index contributed by atoms with van der Waals surface area (Å²) in [5.41, 5.74) is 10.7. The van der Waals surface area contributed by atoms with Crippen LogP contribution < -0.4 is 11.2 Å². The molecule has 0 aliphatic rings. The predicted molar refractivity (Wildman–Crippen MR) is 91.6 cm³/mol. The van der Waals surface area contributed by atoms with Crippen LogP contribution in [-0.4, -0.2) is 11.6 Å². The smallest absolute Gasteiger partial charge is 0.271 e. The van der Waals surface area contributed by atoms with Crippen molar-refractivity contribution in [3.8, 4) is 0 Å². The first-order chi connectivity index (χ1) is 10.5. The highest BCUT2D eigenvalue weighted by atomic mass is 35.5. The number of nitrogen functional groups attached to an aromatic ring is 1. The minimum Gasteiger partial charge on any atom is -0.399 e. The Morgan fingerprint density at radius 1 is 1.09 bits per heavy atom. The third-order valence-corrected chi connectivity index (χ3v) is 3.79. The fraction of sp³-hybridized carbons (Fsp3) is 0.125. The molecule has 0 saturated carbocycles. The van der Waals surface area contributed by atoms with Gasteiger partial charge in [0, 0.05) is 11.3 Å². The van der Waals surface area contributed by atoms with E-state index in [1.807, 2.05) is 13.0 Å². The van der Waals surface area contributed by atoms with Gasteiger partial charge in [-0.25, -0.2) is 5.43 Å². The van der Waals surface area contributed by atoms with Crippen LogP contribution >= 0.6 is 23.2 Å². The number of rotatable bonds is 4. The lowest BCUT2D eigenvalue weighted by atomic mass is 10.1. The Bertz CT molecular complexity index is 712. The van der Waals surface area contributed by atoms with Crippen molar-refractivity contribution in [2.45, 2.75) is 13.3 Å². The second kappa shape index (κ2) is 7.29. The number of hydrogen-bond acceptors (Lipinski definition) is 3. The van der Waals surface area contributed by atoms with E-state index >= 15 is 0 Å². The van der Waals surface area contributed by atoms with E-state index in [4.69, 9.17) is 28.9 Å². The molecule has 0 bridgehead atoms. The summed E-state index contributed by atoms with van der Waals surface area (Å²) in [5, 5.41) is 5.09. The van der Waals surface area contributed by atoms with E-state index in [1.165, 1.54) is 0 Å². The molecule has 114 valence electrons. The summed E-state index contributed by atoms with van der Waals surface area (Å²) in [4.78, 5) is 12.0. The lowest BCUT2D eigenvalue weighted by Gasteiger charge is -2.07. The van der Waals surface area contributed by atoms with Crippen molar-refractivity contribution in [3.05, 3.63) is 63.6 Å². The molecular weight excluding hydrogens is 321 g/mol. The van der Waals surface area contributed by atoms with Crippen LogP contribution in [0.5, 0.6) is 0 Å². The van der Waals surface area contributed by atoms with E-state index in [2.05, 4.69) is 10.5 Å². The van der Waals surface area contributed by atoms with Crippen molar-refractivity contribution in [2.75, 3.05) is 5.73 Å². The zero-order chi connectivity index (χ0) is 16.1. The number of benzene rings is 2. The van der Waals surface area contributed by atoms with E-state index < -0.39 is 0 Å². The third-order valence-electron chi connectivity index (χ3n) is 3.05. The van der Waals surface area contributed by atoms with Crippen molar-refractivity contribution in [3.63, 3.8) is 0 Å². The van der Waals surface area contributed by atoms with Gasteiger partial charge in [-0.3, -0.25) is 4.79 Å². The fourth-order valence-electron chi connectivity index (χ4n) is 1.84. The minimum absolute atomic E-state index is 0.300. The van der Waals surface area contributed by atoms with Crippen LogP contribution in [0, 0.1) is 0 Å². The molecule has 0 aliphatic carbocycles.